The number of nitrogens with zero attached hydrogens (tertiary/aromatic N) is 3. The number of carbonyl (C=O) groups excluding carboxylic acids is 1. The maximum atomic E-state index is 13.1. The molecule has 2 rings (SSSR count). The average Bonchev–Trinajstić information content (AvgIpc) is 2.75. The monoisotopic (exact) mass is 447 g/mol. The van der Waals surface area contributed by atoms with Gasteiger partial charge in [0.2, 0.25) is 15.9 Å². The zero-order valence-electron chi connectivity index (χ0n) is 17.6. The smallest absolute Gasteiger partial charge is 0.242 e. The SMILES string of the molecule is CCOc1ccc(N(CCC#N)C(=O)CCCN(C)S(=O)(=O)c2ccc(F)cc2)cc1. The fraction of sp³-hybridized carbons (Fsp3) is 0.364. The molecule has 0 N–H and O–H groups in total. The maximum Gasteiger partial charge on any atom is 0.242 e. The van der Waals surface area contributed by atoms with Crippen molar-refractivity contribution >= 4 is 21.6 Å². The highest BCUT2D eigenvalue weighted by atomic mass is 32.2. The molecule has 7 nitrogen and oxygen atoms in total. The summed E-state index contributed by atoms with van der Waals surface area (Å²) < 4.78 is 44.7. The van der Waals surface area contributed by atoms with Crippen molar-refractivity contribution < 1.29 is 22.3 Å². The molecule has 0 atom stereocenters. The molecule has 166 valence electrons. The molecule has 0 saturated heterocycles. The van der Waals surface area contributed by atoms with Crippen molar-refractivity contribution in [3.63, 3.8) is 0 Å². The Morgan fingerprint density at radius 3 is 2.32 bits per heavy atom. The van der Waals surface area contributed by atoms with Crippen molar-refractivity contribution in [3.05, 3.63) is 54.3 Å². The summed E-state index contributed by atoms with van der Waals surface area (Å²) in [6.07, 6.45) is 0.593. The van der Waals surface area contributed by atoms with Crippen LogP contribution in [0.1, 0.15) is 26.2 Å². The molecule has 0 aliphatic rings. The number of sulfonamides is 1. The fourth-order valence-corrected chi connectivity index (χ4v) is 4.15. The molecular weight excluding hydrogens is 421 g/mol. The lowest BCUT2D eigenvalue weighted by atomic mass is 10.2. The van der Waals surface area contributed by atoms with Crippen molar-refractivity contribution in [2.24, 2.45) is 0 Å². The summed E-state index contributed by atoms with van der Waals surface area (Å²) in [5, 5.41) is 8.92. The summed E-state index contributed by atoms with van der Waals surface area (Å²) in [4.78, 5) is 14.3. The van der Waals surface area contributed by atoms with Crippen LogP contribution in [0.25, 0.3) is 0 Å². The van der Waals surface area contributed by atoms with Crippen LogP contribution in [0.5, 0.6) is 5.75 Å². The van der Waals surface area contributed by atoms with E-state index >= 15 is 0 Å². The molecule has 2 aromatic rings. The van der Waals surface area contributed by atoms with Gasteiger partial charge in [-0.3, -0.25) is 4.79 Å². The molecule has 31 heavy (non-hydrogen) atoms. The van der Waals surface area contributed by atoms with Gasteiger partial charge in [-0.2, -0.15) is 5.26 Å². The molecule has 0 fully saturated rings. The Hall–Kier alpha value is -2.96. The zero-order valence-corrected chi connectivity index (χ0v) is 18.4. The van der Waals surface area contributed by atoms with Crippen LogP contribution in [0, 0.1) is 17.1 Å². The maximum absolute atomic E-state index is 13.1. The molecule has 0 aliphatic heterocycles. The van der Waals surface area contributed by atoms with Crippen molar-refractivity contribution in [2.45, 2.75) is 31.1 Å². The largest absolute Gasteiger partial charge is 0.494 e. The number of nitriles is 1. The van der Waals surface area contributed by atoms with Gasteiger partial charge < -0.3 is 9.64 Å². The lowest BCUT2D eigenvalue weighted by molar-refractivity contribution is -0.118. The highest BCUT2D eigenvalue weighted by Crippen LogP contribution is 2.21. The molecule has 0 saturated carbocycles. The predicted molar refractivity (Wildman–Crippen MR) is 116 cm³/mol. The minimum absolute atomic E-state index is 0.00670. The molecular formula is C22H26FN3O4S. The van der Waals surface area contributed by atoms with Gasteiger partial charge in [0, 0.05) is 32.2 Å². The lowest BCUT2D eigenvalue weighted by Crippen LogP contribution is -2.33. The number of benzene rings is 2. The highest BCUT2D eigenvalue weighted by Gasteiger charge is 2.22. The van der Waals surface area contributed by atoms with Crippen LogP contribution < -0.4 is 9.64 Å². The van der Waals surface area contributed by atoms with Gasteiger partial charge in [-0.1, -0.05) is 0 Å². The van der Waals surface area contributed by atoms with E-state index in [4.69, 9.17) is 10.00 Å². The Morgan fingerprint density at radius 1 is 1.10 bits per heavy atom. The van der Waals surface area contributed by atoms with Gasteiger partial charge in [0.05, 0.1) is 24.0 Å². The molecule has 9 heteroatoms. The van der Waals surface area contributed by atoms with Crippen molar-refractivity contribution in [2.75, 3.05) is 31.6 Å². The van der Waals surface area contributed by atoms with E-state index in [9.17, 15) is 17.6 Å². The van der Waals surface area contributed by atoms with E-state index in [1.54, 1.807) is 24.3 Å². The predicted octanol–water partition coefficient (Wildman–Crippen LogP) is 3.57. The van der Waals surface area contributed by atoms with Crippen molar-refractivity contribution in [3.8, 4) is 11.8 Å². The van der Waals surface area contributed by atoms with E-state index in [0.717, 1.165) is 16.4 Å². The number of ether oxygens (including phenoxy) is 1. The molecule has 1 amide bonds. The summed E-state index contributed by atoms with van der Waals surface area (Å²) in [5.74, 6) is -0.0301. The van der Waals surface area contributed by atoms with E-state index < -0.39 is 15.8 Å². The number of hydrogen-bond donors (Lipinski definition) is 0. The Bertz CT molecular complexity index is 1000. The van der Waals surface area contributed by atoms with Crippen molar-refractivity contribution in [1.29, 1.82) is 5.26 Å². The Morgan fingerprint density at radius 2 is 1.74 bits per heavy atom. The van der Waals surface area contributed by atoms with Gasteiger partial charge in [-0.25, -0.2) is 17.1 Å². The minimum Gasteiger partial charge on any atom is -0.494 e. The normalized spacial score (nSPS) is 11.2. The van der Waals surface area contributed by atoms with Gasteiger partial charge in [0.15, 0.2) is 0 Å². The second kappa shape index (κ2) is 11.4. The van der Waals surface area contributed by atoms with Gasteiger partial charge in [0.25, 0.3) is 0 Å². The molecule has 0 aromatic heterocycles. The topological polar surface area (TPSA) is 90.7 Å². The van der Waals surface area contributed by atoms with Crippen LogP contribution >= 0.6 is 0 Å². The standard InChI is InChI=1S/C22H26FN3O4S/c1-3-30-20-11-9-19(10-12-20)26(17-5-15-24)22(27)6-4-16-25(2)31(28,29)21-13-7-18(23)8-14-21/h7-14H,3-6,16-17H2,1-2H3. The Labute approximate surface area is 182 Å². The zero-order chi connectivity index (χ0) is 22.9. The summed E-state index contributed by atoms with van der Waals surface area (Å²) in [5.41, 5.74) is 0.649. The van der Waals surface area contributed by atoms with Gasteiger partial charge in [-0.05, 0) is 61.9 Å². The van der Waals surface area contributed by atoms with E-state index in [-0.39, 0.29) is 36.7 Å². The Kier molecular flexibility index (Phi) is 8.97. The number of anilines is 1. The first-order chi connectivity index (χ1) is 14.8. The summed E-state index contributed by atoms with van der Waals surface area (Å²) in [7, 11) is -2.35. The molecule has 0 aliphatic carbocycles. The molecule has 0 heterocycles. The number of carbonyl (C=O) groups is 1. The quantitative estimate of drug-likeness (QED) is 0.525. The Balaban J connectivity index is 2.00. The van der Waals surface area contributed by atoms with Crippen LogP contribution in [0.4, 0.5) is 10.1 Å². The first-order valence-electron chi connectivity index (χ1n) is 9.91. The minimum atomic E-state index is -3.77. The molecule has 2 aromatic carbocycles. The van der Waals surface area contributed by atoms with Crippen LogP contribution in [-0.4, -0.2) is 45.4 Å². The summed E-state index contributed by atoms with van der Waals surface area (Å²) in [6.45, 7) is 2.78. The third kappa shape index (κ3) is 6.77. The van der Waals surface area contributed by atoms with Crippen LogP contribution in [0.15, 0.2) is 53.4 Å². The van der Waals surface area contributed by atoms with Crippen LogP contribution in [0.2, 0.25) is 0 Å². The van der Waals surface area contributed by atoms with Gasteiger partial charge in [0.1, 0.15) is 11.6 Å². The van der Waals surface area contributed by atoms with Crippen LogP contribution in [-0.2, 0) is 14.8 Å². The number of halogens is 1. The third-order valence-corrected chi connectivity index (χ3v) is 6.46. The van der Waals surface area contributed by atoms with Gasteiger partial charge in [-0.15, -0.1) is 0 Å². The molecule has 0 radical (unpaired) electrons. The highest BCUT2D eigenvalue weighted by molar-refractivity contribution is 7.89. The van der Waals surface area contributed by atoms with E-state index in [1.807, 2.05) is 13.0 Å². The average molecular weight is 448 g/mol. The van der Waals surface area contributed by atoms with E-state index in [2.05, 4.69) is 0 Å². The number of hydrogen-bond acceptors (Lipinski definition) is 5. The second-order valence-corrected chi connectivity index (χ2v) is 8.81. The van der Waals surface area contributed by atoms with E-state index in [1.165, 1.54) is 24.1 Å². The first kappa shape index (κ1) is 24.3. The number of rotatable bonds is 11. The molecule has 0 spiro atoms. The summed E-state index contributed by atoms with van der Waals surface area (Å²) in [6, 6.07) is 13.7. The molecule has 0 bridgehead atoms. The van der Waals surface area contributed by atoms with E-state index in [0.29, 0.717) is 24.5 Å². The number of amides is 1. The molecule has 0 unspecified atom stereocenters. The third-order valence-electron chi connectivity index (χ3n) is 4.59. The van der Waals surface area contributed by atoms with Crippen LogP contribution in [0.3, 0.4) is 0 Å². The van der Waals surface area contributed by atoms with Gasteiger partial charge >= 0.3 is 0 Å². The lowest BCUT2D eigenvalue weighted by Gasteiger charge is -2.23. The van der Waals surface area contributed by atoms with Crippen molar-refractivity contribution in [1.82, 2.24) is 4.31 Å². The fourth-order valence-electron chi connectivity index (χ4n) is 2.94. The summed E-state index contributed by atoms with van der Waals surface area (Å²) >= 11 is 0. The first-order valence-corrected chi connectivity index (χ1v) is 11.4. The second-order valence-electron chi connectivity index (χ2n) is 6.76.